The van der Waals surface area contributed by atoms with Crippen molar-refractivity contribution in [1.29, 1.82) is 0 Å². The van der Waals surface area contributed by atoms with Crippen LogP contribution >= 0.6 is 0 Å². The van der Waals surface area contributed by atoms with Gasteiger partial charge >= 0.3 is 0 Å². The summed E-state index contributed by atoms with van der Waals surface area (Å²) in [7, 11) is -3.23. The fourth-order valence-corrected chi connectivity index (χ4v) is 3.20. The van der Waals surface area contributed by atoms with E-state index in [4.69, 9.17) is 0 Å². The number of sulfonamides is 1. The SMILES string of the molecule is CS(=O)(=O)N1CCCC(NC(=O)c2ccccc2O)C1. The molecule has 20 heavy (non-hydrogen) atoms. The first kappa shape index (κ1) is 14.8. The van der Waals surface area contributed by atoms with E-state index >= 15 is 0 Å². The summed E-state index contributed by atoms with van der Waals surface area (Å²) >= 11 is 0. The van der Waals surface area contributed by atoms with E-state index in [1.165, 1.54) is 22.7 Å². The third-order valence-electron chi connectivity index (χ3n) is 3.34. The van der Waals surface area contributed by atoms with Crippen LogP contribution in [0.4, 0.5) is 0 Å². The molecule has 0 saturated carbocycles. The summed E-state index contributed by atoms with van der Waals surface area (Å²) in [6, 6.07) is 6.04. The maximum atomic E-state index is 12.1. The molecule has 110 valence electrons. The number of phenols is 1. The normalized spacial score (nSPS) is 20.6. The van der Waals surface area contributed by atoms with Gasteiger partial charge in [-0.2, -0.15) is 0 Å². The van der Waals surface area contributed by atoms with Crippen molar-refractivity contribution in [3.05, 3.63) is 29.8 Å². The van der Waals surface area contributed by atoms with Crippen LogP contribution in [0.1, 0.15) is 23.2 Å². The maximum absolute atomic E-state index is 12.1. The highest BCUT2D eigenvalue weighted by molar-refractivity contribution is 7.88. The monoisotopic (exact) mass is 298 g/mol. The van der Waals surface area contributed by atoms with Crippen LogP contribution in [0, 0.1) is 0 Å². The smallest absolute Gasteiger partial charge is 0.255 e. The number of benzene rings is 1. The van der Waals surface area contributed by atoms with Gasteiger partial charge in [-0.1, -0.05) is 12.1 Å². The molecule has 1 amide bonds. The Bertz CT molecular complexity index is 600. The highest BCUT2D eigenvalue weighted by Crippen LogP contribution is 2.17. The standard InChI is InChI=1S/C13H18N2O4S/c1-20(18,19)15-8-4-5-10(9-15)14-13(17)11-6-2-3-7-12(11)16/h2-3,6-7,10,16H,4-5,8-9H2,1H3,(H,14,17). The van der Waals surface area contributed by atoms with Crippen molar-refractivity contribution < 1.29 is 18.3 Å². The summed E-state index contributed by atoms with van der Waals surface area (Å²) < 4.78 is 24.4. The predicted molar refractivity (Wildman–Crippen MR) is 75.0 cm³/mol. The van der Waals surface area contributed by atoms with Crippen LogP contribution in [-0.2, 0) is 10.0 Å². The third-order valence-corrected chi connectivity index (χ3v) is 4.61. The van der Waals surface area contributed by atoms with Crippen LogP contribution < -0.4 is 5.32 Å². The molecule has 1 heterocycles. The lowest BCUT2D eigenvalue weighted by atomic mass is 10.1. The lowest BCUT2D eigenvalue weighted by molar-refractivity contribution is 0.0919. The lowest BCUT2D eigenvalue weighted by Crippen LogP contribution is -2.49. The summed E-state index contributed by atoms with van der Waals surface area (Å²) in [6.07, 6.45) is 2.60. The molecule has 1 unspecified atom stereocenters. The second-order valence-corrected chi connectivity index (χ2v) is 6.93. The highest BCUT2D eigenvalue weighted by atomic mass is 32.2. The van der Waals surface area contributed by atoms with Gasteiger partial charge in [0.15, 0.2) is 0 Å². The van der Waals surface area contributed by atoms with Gasteiger partial charge in [0.25, 0.3) is 5.91 Å². The van der Waals surface area contributed by atoms with Gasteiger partial charge in [-0.25, -0.2) is 12.7 Å². The van der Waals surface area contributed by atoms with E-state index in [0.29, 0.717) is 13.0 Å². The summed E-state index contributed by atoms with van der Waals surface area (Å²) in [5.74, 6) is -0.468. The molecule has 0 radical (unpaired) electrons. The first-order valence-corrected chi connectivity index (χ1v) is 8.27. The molecule has 2 N–H and O–H groups in total. The van der Waals surface area contributed by atoms with E-state index < -0.39 is 10.0 Å². The van der Waals surface area contributed by atoms with Crippen molar-refractivity contribution >= 4 is 15.9 Å². The molecule has 1 aromatic rings. The van der Waals surface area contributed by atoms with Crippen molar-refractivity contribution in [1.82, 2.24) is 9.62 Å². The average Bonchev–Trinajstić information content (AvgIpc) is 2.38. The first-order valence-electron chi connectivity index (χ1n) is 6.42. The topological polar surface area (TPSA) is 86.7 Å². The minimum absolute atomic E-state index is 0.0826. The Kier molecular flexibility index (Phi) is 4.29. The van der Waals surface area contributed by atoms with Crippen LogP contribution in [0.25, 0.3) is 0 Å². The average molecular weight is 298 g/mol. The van der Waals surface area contributed by atoms with E-state index in [0.717, 1.165) is 6.42 Å². The summed E-state index contributed by atoms with van der Waals surface area (Å²) in [6.45, 7) is 0.764. The molecule has 1 fully saturated rings. The van der Waals surface area contributed by atoms with Gasteiger partial charge in [-0.05, 0) is 25.0 Å². The van der Waals surface area contributed by atoms with Gasteiger partial charge < -0.3 is 10.4 Å². The molecule has 7 heteroatoms. The number of carbonyl (C=O) groups is 1. The Labute approximate surface area is 118 Å². The van der Waals surface area contributed by atoms with Crippen LogP contribution in [0.2, 0.25) is 0 Å². The Morgan fingerprint density at radius 1 is 1.40 bits per heavy atom. The number of carbonyl (C=O) groups excluding carboxylic acids is 1. The molecular formula is C13H18N2O4S. The Balaban J connectivity index is 2.03. The predicted octanol–water partition coefficient (Wildman–Crippen LogP) is 0.546. The number of aromatic hydroxyl groups is 1. The van der Waals surface area contributed by atoms with Gasteiger partial charge in [0, 0.05) is 19.1 Å². The number of hydrogen-bond donors (Lipinski definition) is 2. The molecule has 1 aromatic carbocycles. The van der Waals surface area contributed by atoms with Crippen LogP contribution in [0.5, 0.6) is 5.75 Å². The molecule has 1 aliphatic heterocycles. The fourth-order valence-electron chi connectivity index (χ4n) is 2.29. The van der Waals surface area contributed by atoms with E-state index in [1.54, 1.807) is 12.1 Å². The van der Waals surface area contributed by atoms with Crippen molar-refractivity contribution in [2.45, 2.75) is 18.9 Å². The largest absolute Gasteiger partial charge is 0.507 e. The molecule has 1 saturated heterocycles. The number of nitrogens with one attached hydrogen (secondary N) is 1. The second-order valence-electron chi connectivity index (χ2n) is 4.95. The van der Waals surface area contributed by atoms with E-state index in [1.807, 2.05) is 0 Å². The molecular weight excluding hydrogens is 280 g/mol. The maximum Gasteiger partial charge on any atom is 0.255 e. The van der Waals surface area contributed by atoms with Gasteiger partial charge in [0.05, 0.1) is 11.8 Å². The van der Waals surface area contributed by atoms with Crippen molar-refractivity contribution in [3.63, 3.8) is 0 Å². The summed E-state index contributed by atoms with van der Waals surface area (Å²) in [5, 5.41) is 12.4. The molecule has 0 bridgehead atoms. The first-order chi connectivity index (χ1) is 9.38. The number of para-hydroxylation sites is 1. The van der Waals surface area contributed by atoms with Crippen LogP contribution in [0.3, 0.4) is 0 Å². The fraction of sp³-hybridized carbons (Fsp3) is 0.462. The molecule has 1 atom stereocenters. The molecule has 1 aliphatic rings. The molecule has 0 aliphatic carbocycles. The van der Waals surface area contributed by atoms with Crippen molar-refractivity contribution in [2.75, 3.05) is 19.3 Å². The van der Waals surface area contributed by atoms with E-state index in [9.17, 15) is 18.3 Å². The minimum Gasteiger partial charge on any atom is -0.507 e. The summed E-state index contributed by atoms with van der Waals surface area (Å²) in [5.41, 5.74) is 0.198. The van der Waals surface area contributed by atoms with E-state index in [2.05, 4.69) is 5.32 Å². The zero-order valence-electron chi connectivity index (χ0n) is 11.2. The molecule has 6 nitrogen and oxygen atoms in total. The molecule has 0 aromatic heterocycles. The molecule has 2 rings (SSSR count). The molecule has 0 spiro atoms. The minimum atomic E-state index is -3.23. The number of nitrogens with zero attached hydrogens (tertiary/aromatic N) is 1. The second kappa shape index (κ2) is 5.80. The van der Waals surface area contributed by atoms with E-state index in [-0.39, 0.29) is 29.8 Å². The zero-order valence-corrected chi connectivity index (χ0v) is 12.1. The van der Waals surface area contributed by atoms with Gasteiger partial charge in [-0.3, -0.25) is 4.79 Å². The van der Waals surface area contributed by atoms with Crippen molar-refractivity contribution in [3.8, 4) is 5.75 Å². The number of rotatable bonds is 3. The Morgan fingerprint density at radius 3 is 2.75 bits per heavy atom. The Morgan fingerprint density at radius 2 is 2.10 bits per heavy atom. The van der Waals surface area contributed by atoms with Gasteiger partial charge in [0.2, 0.25) is 10.0 Å². The third kappa shape index (κ3) is 3.49. The van der Waals surface area contributed by atoms with Crippen molar-refractivity contribution in [2.24, 2.45) is 0 Å². The van der Waals surface area contributed by atoms with Crippen LogP contribution in [-0.4, -0.2) is 49.1 Å². The number of piperidine rings is 1. The van der Waals surface area contributed by atoms with Gasteiger partial charge in [-0.15, -0.1) is 0 Å². The number of hydrogen-bond acceptors (Lipinski definition) is 4. The highest BCUT2D eigenvalue weighted by Gasteiger charge is 2.27. The van der Waals surface area contributed by atoms with Crippen LogP contribution in [0.15, 0.2) is 24.3 Å². The quantitative estimate of drug-likeness (QED) is 0.853. The zero-order chi connectivity index (χ0) is 14.8. The Hall–Kier alpha value is -1.60. The summed E-state index contributed by atoms with van der Waals surface area (Å²) in [4.78, 5) is 12.1. The van der Waals surface area contributed by atoms with Gasteiger partial charge in [0.1, 0.15) is 5.75 Å². The number of phenolic OH excluding ortho intramolecular Hbond substituents is 1. The lowest BCUT2D eigenvalue weighted by Gasteiger charge is -2.31. The number of amides is 1.